The third kappa shape index (κ3) is 1.02. The lowest BCUT2D eigenvalue weighted by Gasteiger charge is -1.99. The summed E-state index contributed by atoms with van der Waals surface area (Å²) in [6.45, 7) is 4.22. The molecular formula is C11H12O. The second kappa shape index (κ2) is 2.67. The Balaban J connectivity index is 2.79. The Bertz CT molecular complexity index is 429. The normalized spacial score (nSPS) is 12.4. The van der Waals surface area contributed by atoms with Crippen molar-refractivity contribution in [1.29, 1.82) is 0 Å². The van der Waals surface area contributed by atoms with Gasteiger partial charge in [-0.25, -0.2) is 0 Å². The molecule has 0 aliphatic carbocycles. The van der Waals surface area contributed by atoms with E-state index < -0.39 is 0 Å². The van der Waals surface area contributed by atoms with Gasteiger partial charge in [0.15, 0.2) is 0 Å². The lowest BCUT2D eigenvalue weighted by Crippen LogP contribution is -1.82. The first-order valence-electron chi connectivity index (χ1n) is 4.67. The molecular weight excluding hydrogens is 148 g/mol. The van der Waals surface area contributed by atoms with Crippen LogP contribution in [0.25, 0.3) is 11.0 Å². The first-order valence-corrected chi connectivity index (χ1v) is 4.17. The van der Waals surface area contributed by atoms with Crippen LogP contribution >= 0.6 is 0 Å². The number of fused-ring (bicyclic) bond motifs is 1. The van der Waals surface area contributed by atoms with Crippen molar-refractivity contribution in [2.24, 2.45) is 0 Å². The van der Waals surface area contributed by atoms with Gasteiger partial charge < -0.3 is 4.42 Å². The van der Waals surface area contributed by atoms with Crippen molar-refractivity contribution in [3.8, 4) is 0 Å². The van der Waals surface area contributed by atoms with Crippen LogP contribution in [0.4, 0.5) is 0 Å². The van der Waals surface area contributed by atoms with Gasteiger partial charge in [-0.3, -0.25) is 0 Å². The van der Waals surface area contributed by atoms with Crippen molar-refractivity contribution < 1.29 is 5.79 Å². The quantitative estimate of drug-likeness (QED) is 0.625. The summed E-state index contributed by atoms with van der Waals surface area (Å²) in [7, 11) is 0. The Kier molecular flexibility index (Phi) is 1.40. The van der Waals surface area contributed by atoms with E-state index in [1.165, 1.54) is 0 Å². The van der Waals surface area contributed by atoms with E-state index in [2.05, 4.69) is 13.8 Å². The van der Waals surface area contributed by atoms with Gasteiger partial charge in [-0.2, -0.15) is 0 Å². The van der Waals surface area contributed by atoms with Gasteiger partial charge >= 0.3 is 0 Å². The van der Waals surface area contributed by atoms with E-state index in [-0.39, 0.29) is 0 Å². The standard InChI is InChI=1S/C11H12O/c1-8(2)10-7-12-11-6-4-3-5-9(10)11/h3-8H,1-2H3/i5T. The van der Waals surface area contributed by atoms with E-state index in [1.807, 2.05) is 12.1 Å². The van der Waals surface area contributed by atoms with Crippen LogP contribution in [-0.2, 0) is 0 Å². The summed E-state index contributed by atoms with van der Waals surface area (Å²) in [5.74, 6) is 0.410. The Morgan fingerprint density at radius 1 is 1.42 bits per heavy atom. The zero-order chi connectivity index (χ0) is 9.42. The molecule has 0 saturated heterocycles. The number of para-hydroxylation sites is 1. The molecule has 2 rings (SSSR count). The number of rotatable bonds is 1. The zero-order valence-electron chi connectivity index (χ0n) is 8.29. The average molecular weight is 162 g/mol. The van der Waals surface area contributed by atoms with E-state index in [9.17, 15) is 0 Å². The summed E-state index contributed by atoms with van der Waals surface area (Å²) >= 11 is 0. The Morgan fingerprint density at radius 2 is 2.25 bits per heavy atom. The van der Waals surface area contributed by atoms with Gasteiger partial charge in [-0.1, -0.05) is 32.0 Å². The molecule has 12 heavy (non-hydrogen) atoms. The van der Waals surface area contributed by atoms with Crippen molar-refractivity contribution in [2.75, 3.05) is 0 Å². The van der Waals surface area contributed by atoms with Gasteiger partial charge in [-0.05, 0) is 12.0 Å². The topological polar surface area (TPSA) is 13.1 Å². The lowest BCUT2D eigenvalue weighted by molar-refractivity contribution is 0.606. The Labute approximate surface area is 73.4 Å². The maximum absolute atomic E-state index is 7.75. The van der Waals surface area contributed by atoms with Gasteiger partial charge in [0.2, 0.25) is 0 Å². The van der Waals surface area contributed by atoms with Crippen LogP contribution in [0, 0.1) is 0 Å². The van der Waals surface area contributed by atoms with Crippen molar-refractivity contribution in [3.63, 3.8) is 0 Å². The van der Waals surface area contributed by atoms with Crippen molar-refractivity contribution in [2.45, 2.75) is 19.8 Å². The molecule has 0 fully saturated rings. The molecule has 1 aromatic heterocycles. The SMILES string of the molecule is [3H]c1cccc2occ(C(C)C)c12. The molecule has 0 radical (unpaired) electrons. The summed E-state index contributed by atoms with van der Waals surface area (Å²) in [6, 6.07) is 6.09. The summed E-state index contributed by atoms with van der Waals surface area (Å²) in [6.07, 6.45) is 1.76. The monoisotopic (exact) mass is 162 g/mol. The molecule has 0 bridgehead atoms. The molecule has 2 aromatic rings. The fourth-order valence-electron chi connectivity index (χ4n) is 1.36. The van der Waals surface area contributed by atoms with Crippen LogP contribution in [-0.4, -0.2) is 0 Å². The molecule has 0 aliphatic heterocycles. The van der Waals surface area contributed by atoms with Crippen LogP contribution in [0.3, 0.4) is 0 Å². The predicted octanol–water partition coefficient (Wildman–Crippen LogP) is 3.56. The van der Waals surface area contributed by atoms with Gasteiger partial charge in [0.25, 0.3) is 0 Å². The summed E-state index contributed by atoms with van der Waals surface area (Å²) in [5, 5.41) is 0.956. The molecule has 0 atom stereocenters. The maximum Gasteiger partial charge on any atom is 0.134 e. The highest BCUT2D eigenvalue weighted by molar-refractivity contribution is 5.81. The molecule has 0 spiro atoms. The van der Waals surface area contributed by atoms with Crippen LogP contribution in [0.15, 0.2) is 34.9 Å². The van der Waals surface area contributed by atoms with Crippen LogP contribution in [0.5, 0.6) is 0 Å². The molecule has 1 heterocycles. The van der Waals surface area contributed by atoms with Crippen LogP contribution in [0.1, 0.15) is 26.7 Å². The molecule has 1 aromatic carbocycles. The molecule has 0 N–H and O–H groups in total. The van der Waals surface area contributed by atoms with Crippen LogP contribution < -0.4 is 0 Å². The zero-order valence-corrected chi connectivity index (χ0v) is 7.29. The van der Waals surface area contributed by atoms with Crippen molar-refractivity contribution >= 4 is 11.0 Å². The number of furan rings is 1. The molecule has 1 heteroatoms. The largest absolute Gasteiger partial charge is 0.464 e. The minimum absolute atomic E-state index is 0.410. The summed E-state index contributed by atoms with van der Waals surface area (Å²) < 4.78 is 13.1. The van der Waals surface area contributed by atoms with Crippen molar-refractivity contribution in [3.05, 3.63) is 36.1 Å². The third-order valence-electron chi connectivity index (χ3n) is 2.04. The fourth-order valence-corrected chi connectivity index (χ4v) is 1.36. The number of hydrogen-bond donors (Lipinski definition) is 0. The maximum atomic E-state index is 7.75. The third-order valence-corrected chi connectivity index (χ3v) is 2.04. The number of hydrogen-bond acceptors (Lipinski definition) is 1. The molecule has 0 aliphatic rings. The van der Waals surface area contributed by atoms with Crippen LogP contribution in [0.2, 0.25) is 0 Å². The second-order valence-corrected chi connectivity index (χ2v) is 3.26. The smallest absolute Gasteiger partial charge is 0.134 e. The van der Waals surface area contributed by atoms with E-state index in [1.54, 1.807) is 12.3 Å². The fraction of sp³-hybridized carbons (Fsp3) is 0.273. The van der Waals surface area contributed by atoms with Gasteiger partial charge in [0, 0.05) is 10.9 Å². The highest BCUT2D eigenvalue weighted by Crippen LogP contribution is 2.26. The lowest BCUT2D eigenvalue weighted by atomic mass is 10.0. The minimum atomic E-state index is 0.410. The summed E-state index contributed by atoms with van der Waals surface area (Å²) in [5.41, 5.74) is 1.94. The molecule has 0 amide bonds. The second-order valence-electron chi connectivity index (χ2n) is 3.26. The van der Waals surface area contributed by atoms with Crippen molar-refractivity contribution in [1.82, 2.24) is 0 Å². The molecule has 1 nitrogen and oxygen atoms in total. The van der Waals surface area contributed by atoms with Gasteiger partial charge in [-0.15, -0.1) is 0 Å². The predicted molar refractivity (Wildman–Crippen MR) is 50.3 cm³/mol. The first kappa shape index (κ1) is 6.30. The van der Waals surface area contributed by atoms with E-state index in [0.717, 1.165) is 16.5 Å². The van der Waals surface area contributed by atoms with E-state index in [4.69, 9.17) is 5.79 Å². The molecule has 62 valence electrons. The molecule has 0 saturated carbocycles. The van der Waals surface area contributed by atoms with Gasteiger partial charge in [0.05, 0.1) is 7.63 Å². The molecule has 0 unspecified atom stereocenters. The number of benzene rings is 1. The van der Waals surface area contributed by atoms with Gasteiger partial charge in [0.1, 0.15) is 5.58 Å². The highest BCUT2D eigenvalue weighted by Gasteiger charge is 2.07. The summed E-state index contributed by atoms with van der Waals surface area (Å²) in [4.78, 5) is 0. The minimum Gasteiger partial charge on any atom is -0.464 e. The van der Waals surface area contributed by atoms with E-state index >= 15 is 0 Å². The Morgan fingerprint density at radius 3 is 3.00 bits per heavy atom. The highest BCUT2D eigenvalue weighted by atomic mass is 16.3. The first-order chi connectivity index (χ1) is 6.20. The van der Waals surface area contributed by atoms with E-state index in [0.29, 0.717) is 12.0 Å². The average Bonchev–Trinajstić information content (AvgIpc) is 2.49. The Hall–Kier alpha value is -1.24.